The van der Waals surface area contributed by atoms with Gasteiger partial charge in [-0.25, -0.2) is 9.59 Å². The summed E-state index contributed by atoms with van der Waals surface area (Å²) in [6.07, 6.45) is 0.405. The highest BCUT2D eigenvalue weighted by atomic mass is 127. The van der Waals surface area contributed by atoms with Gasteiger partial charge in [-0.1, -0.05) is 36.4 Å². The number of methoxy groups -OCH3 is 1. The lowest BCUT2D eigenvalue weighted by Crippen LogP contribution is -2.53. The lowest BCUT2D eigenvalue weighted by molar-refractivity contribution is -0.168. The van der Waals surface area contributed by atoms with Crippen molar-refractivity contribution in [2.24, 2.45) is 0 Å². The van der Waals surface area contributed by atoms with Crippen molar-refractivity contribution in [3.8, 4) is 0 Å². The van der Waals surface area contributed by atoms with E-state index in [2.05, 4.69) is 5.32 Å². The molecule has 0 fully saturated rings. The van der Waals surface area contributed by atoms with Crippen LogP contribution in [0.2, 0.25) is 0 Å². The van der Waals surface area contributed by atoms with E-state index in [0.717, 1.165) is 5.56 Å². The van der Waals surface area contributed by atoms with E-state index in [9.17, 15) is 14.4 Å². The molecule has 0 saturated carbocycles. The van der Waals surface area contributed by atoms with E-state index in [-0.39, 0.29) is 19.8 Å². The van der Waals surface area contributed by atoms with Crippen molar-refractivity contribution >= 4 is 41.0 Å². The number of carbonyl (C=O) groups excluding carboxylic acids is 3. The summed E-state index contributed by atoms with van der Waals surface area (Å²) in [6.45, 7) is 2.66. The third kappa shape index (κ3) is 10.0. The first-order chi connectivity index (χ1) is 14.4. The van der Waals surface area contributed by atoms with E-state index in [4.69, 9.17) is 22.0 Å². The van der Waals surface area contributed by atoms with E-state index < -0.39 is 36.3 Å². The second kappa shape index (κ2) is 14.7. The molecular formula is C20H26INO8. The summed E-state index contributed by atoms with van der Waals surface area (Å²) in [5.74, 6) is -1.27. The maximum absolute atomic E-state index is 12.3. The average Bonchev–Trinajstić information content (AvgIpc) is 2.70. The van der Waals surface area contributed by atoms with Crippen molar-refractivity contribution in [2.75, 3.05) is 20.3 Å². The molecule has 10 heteroatoms. The van der Waals surface area contributed by atoms with Crippen molar-refractivity contribution < 1.29 is 36.4 Å². The molecule has 166 valence electrons. The molecule has 30 heavy (non-hydrogen) atoms. The number of halogens is 1. The Balaban J connectivity index is 2.97. The van der Waals surface area contributed by atoms with Crippen molar-refractivity contribution in [2.45, 2.75) is 38.7 Å². The van der Waals surface area contributed by atoms with E-state index in [1.54, 1.807) is 42.1 Å². The Morgan fingerprint density at radius 3 is 2.43 bits per heavy atom. The minimum atomic E-state index is -1.08. The quantitative estimate of drug-likeness (QED) is 0.188. The van der Waals surface area contributed by atoms with Gasteiger partial charge in [0.1, 0.15) is 36.2 Å². The fourth-order valence-corrected chi connectivity index (χ4v) is 2.87. The molecule has 0 aliphatic rings. The predicted molar refractivity (Wildman–Crippen MR) is 116 cm³/mol. The Kier molecular flexibility index (Phi) is 12.7. The van der Waals surface area contributed by atoms with E-state index in [0.29, 0.717) is 0 Å². The summed E-state index contributed by atoms with van der Waals surface area (Å²) < 4.78 is 25.9. The average molecular weight is 535 g/mol. The normalized spacial score (nSPS) is 13.9. The van der Waals surface area contributed by atoms with Crippen LogP contribution in [-0.2, 0) is 38.2 Å². The highest BCUT2D eigenvalue weighted by Gasteiger charge is 2.35. The Bertz CT molecular complexity index is 697. The molecule has 0 spiro atoms. The molecule has 1 aromatic carbocycles. The van der Waals surface area contributed by atoms with Crippen molar-refractivity contribution in [1.29, 1.82) is 0 Å². The van der Waals surface area contributed by atoms with E-state index >= 15 is 0 Å². The van der Waals surface area contributed by atoms with Crippen LogP contribution in [0.15, 0.2) is 42.5 Å². The number of carbonyl (C=O) groups is 3. The van der Waals surface area contributed by atoms with Crippen LogP contribution < -0.4 is 5.32 Å². The van der Waals surface area contributed by atoms with E-state index in [1.807, 2.05) is 30.3 Å². The number of allylic oxidation sites excluding steroid dienone is 1. The molecule has 0 heterocycles. The number of hydrogen-bond donors (Lipinski definition) is 1. The lowest BCUT2D eigenvalue weighted by atomic mass is 10.0. The zero-order valence-electron chi connectivity index (χ0n) is 17.0. The van der Waals surface area contributed by atoms with Gasteiger partial charge in [-0.3, -0.25) is 4.79 Å². The molecule has 1 N–H and O–H groups in total. The summed E-state index contributed by atoms with van der Waals surface area (Å²) in [5.41, 5.74) is 0.809. The van der Waals surface area contributed by atoms with Gasteiger partial charge in [-0.15, -0.1) is 0 Å². The van der Waals surface area contributed by atoms with Gasteiger partial charge < -0.3 is 27.3 Å². The molecule has 0 aromatic heterocycles. The minimum absolute atomic E-state index is 0.0404. The number of benzene rings is 1. The van der Waals surface area contributed by atoms with Gasteiger partial charge in [0.25, 0.3) is 0 Å². The Hall–Kier alpha value is -2.18. The Morgan fingerprint density at radius 1 is 1.17 bits per heavy atom. The van der Waals surface area contributed by atoms with Crippen molar-refractivity contribution in [3.05, 3.63) is 48.0 Å². The van der Waals surface area contributed by atoms with Crippen molar-refractivity contribution in [1.82, 2.24) is 5.32 Å². The summed E-state index contributed by atoms with van der Waals surface area (Å²) in [5, 5.41) is 2.61. The molecule has 9 nitrogen and oxygen atoms in total. The molecule has 0 unspecified atom stereocenters. The third-order valence-corrected chi connectivity index (χ3v) is 4.05. The first kappa shape index (κ1) is 25.9. The molecule has 3 atom stereocenters. The van der Waals surface area contributed by atoms with Gasteiger partial charge in [-0.2, -0.15) is 0 Å². The summed E-state index contributed by atoms with van der Waals surface area (Å²) in [4.78, 5) is 35.9. The SMILES string of the molecule is C/C=C/[C@@H](OC(C)=O)[C@H](OC(=O)COC)[C@H](COI)NC(=O)OCc1ccccc1. The molecule has 1 rings (SSSR count). The fourth-order valence-electron chi connectivity index (χ4n) is 2.48. The maximum atomic E-state index is 12.3. The van der Waals surface area contributed by atoms with Gasteiger partial charge in [0.2, 0.25) is 0 Å². The zero-order chi connectivity index (χ0) is 22.4. The maximum Gasteiger partial charge on any atom is 0.407 e. The van der Waals surface area contributed by atoms with Gasteiger partial charge in [-0.05, 0) is 18.6 Å². The van der Waals surface area contributed by atoms with Gasteiger partial charge in [0.15, 0.2) is 12.2 Å². The number of alkyl carbamates (subject to hydrolysis) is 1. The zero-order valence-corrected chi connectivity index (χ0v) is 19.2. The van der Waals surface area contributed by atoms with Crippen LogP contribution in [-0.4, -0.2) is 56.6 Å². The van der Waals surface area contributed by atoms with Crippen LogP contribution in [0.5, 0.6) is 0 Å². The Labute approximate surface area is 189 Å². The highest BCUT2D eigenvalue weighted by molar-refractivity contribution is 14.1. The molecule has 1 aromatic rings. The number of ether oxygens (including phenoxy) is 4. The van der Waals surface area contributed by atoms with Crippen LogP contribution in [0.25, 0.3) is 0 Å². The molecule has 0 saturated heterocycles. The Morgan fingerprint density at radius 2 is 1.87 bits per heavy atom. The van der Waals surface area contributed by atoms with Gasteiger partial charge in [0, 0.05) is 14.0 Å². The molecule has 0 bridgehead atoms. The number of esters is 2. The molecule has 0 aliphatic heterocycles. The molecular weight excluding hydrogens is 509 g/mol. The predicted octanol–water partition coefficient (Wildman–Crippen LogP) is 2.71. The van der Waals surface area contributed by atoms with E-state index in [1.165, 1.54) is 14.0 Å². The molecule has 0 aliphatic carbocycles. The molecule has 0 radical (unpaired) electrons. The van der Waals surface area contributed by atoms with Crippen molar-refractivity contribution in [3.63, 3.8) is 0 Å². The second-order valence-corrected chi connectivity index (χ2v) is 6.70. The van der Waals surface area contributed by atoms with Crippen LogP contribution in [0.1, 0.15) is 19.4 Å². The summed E-state index contributed by atoms with van der Waals surface area (Å²) in [7, 11) is 1.34. The number of rotatable bonds is 12. The topological polar surface area (TPSA) is 109 Å². The van der Waals surface area contributed by atoms with Crippen LogP contribution in [0.4, 0.5) is 4.79 Å². The number of hydrogen-bond acceptors (Lipinski definition) is 8. The molecule has 1 amide bonds. The lowest BCUT2D eigenvalue weighted by Gasteiger charge is -2.31. The first-order valence-electron chi connectivity index (χ1n) is 9.10. The fraction of sp³-hybridized carbons (Fsp3) is 0.450. The largest absolute Gasteiger partial charge is 0.454 e. The third-order valence-electron chi connectivity index (χ3n) is 3.69. The second-order valence-electron chi connectivity index (χ2n) is 6.08. The van der Waals surface area contributed by atoms with Gasteiger partial charge in [0.05, 0.1) is 12.6 Å². The standard InChI is InChI=1S/C20H26INO8/c1-4-8-17(29-14(2)23)19(30-18(24)13-26-3)16(12-28-21)22-20(25)27-11-15-9-6-5-7-10-15/h4-10,16-17,19H,11-13H2,1-3H3,(H,22,25)/b8-4+/t16-,17+,19+/m0/s1. The van der Waals surface area contributed by atoms with Gasteiger partial charge >= 0.3 is 18.0 Å². The summed E-state index contributed by atoms with van der Waals surface area (Å²) >= 11 is 1.65. The van der Waals surface area contributed by atoms with Crippen LogP contribution in [0, 0.1) is 0 Å². The van der Waals surface area contributed by atoms with Crippen LogP contribution >= 0.6 is 23.0 Å². The highest BCUT2D eigenvalue weighted by Crippen LogP contribution is 2.15. The number of amides is 1. The smallest absolute Gasteiger partial charge is 0.407 e. The van der Waals surface area contributed by atoms with Crippen LogP contribution in [0.3, 0.4) is 0 Å². The number of nitrogens with one attached hydrogen (secondary N) is 1. The monoisotopic (exact) mass is 535 g/mol. The summed E-state index contributed by atoms with van der Waals surface area (Å²) in [6, 6.07) is 8.28. The minimum Gasteiger partial charge on any atom is -0.454 e. The first-order valence-corrected chi connectivity index (χ1v) is 9.98.